The molecule has 0 saturated carbocycles. The number of aliphatic hydroxyl groups is 1. The number of ether oxygens (including phenoxy) is 1. The summed E-state index contributed by atoms with van der Waals surface area (Å²) in [6, 6.07) is 14.3. The van der Waals surface area contributed by atoms with E-state index in [1.165, 1.54) is 6.07 Å². The Labute approximate surface area is 148 Å². The third-order valence-corrected chi connectivity index (χ3v) is 4.45. The second-order valence-electron chi connectivity index (χ2n) is 6.21. The van der Waals surface area contributed by atoms with E-state index in [-0.39, 0.29) is 18.2 Å². The smallest absolute Gasteiger partial charge is 0.123 e. The van der Waals surface area contributed by atoms with Crippen molar-refractivity contribution in [2.24, 2.45) is 0 Å². The SMILES string of the molecule is COc1cccc(C2(O)CCCN(Cc3cccc(F)c3)C2)c1.Cl. The first-order chi connectivity index (χ1) is 11.1. The molecule has 130 valence electrons. The molecule has 1 heterocycles. The molecule has 3 nitrogen and oxygen atoms in total. The molecule has 24 heavy (non-hydrogen) atoms. The van der Waals surface area contributed by atoms with Gasteiger partial charge in [0.2, 0.25) is 0 Å². The van der Waals surface area contributed by atoms with Gasteiger partial charge in [-0.25, -0.2) is 4.39 Å². The predicted molar refractivity (Wildman–Crippen MR) is 95.0 cm³/mol. The van der Waals surface area contributed by atoms with Gasteiger partial charge < -0.3 is 9.84 Å². The quantitative estimate of drug-likeness (QED) is 0.910. The highest BCUT2D eigenvalue weighted by atomic mass is 35.5. The summed E-state index contributed by atoms with van der Waals surface area (Å²) in [6.45, 7) is 2.09. The summed E-state index contributed by atoms with van der Waals surface area (Å²) in [5.74, 6) is 0.528. The molecule has 3 rings (SSSR count). The Balaban J connectivity index is 0.00000208. The lowest BCUT2D eigenvalue weighted by Gasteiger charge is -2.39. The lowest BCUT2D eigenvalue weighted by molar-refractivity contribution is -0.0382. The third-order valence-electron chi connectivity index (χ3n) is 4.45. The van der Waals surface area contributed by atoms with Crippen molar-refractivity contribution in [3.63, 3.8) is 0 Å². The highest BCUT2D eigenvalue weighted by Crippen LogP contribution is 2.33. The van der Waals surface area contributed by atoms with E-state index in [1.807, 2.05) is 30.3 Å². The van der Waals surface area contributed by atoms with Gasteiger partial charge >= 0.3 is 0 Å². The van der Waals surface area contributed by atoms with Crippen LogP contribution in [0.15, 0.2) is 48.5 Å². The van der Waals surface area contributed by atoms with Gasteiger partial charge in [0.05, 0.1) is 7.11 Å². The van der Waals surface area contributed by atoms with Crippen molar-refractivity contribution in [3.8, 4) is 5.75 Å². The Morgan fingerprint density at radius 3 is 2.75 bits per heavy atom. The highest BCUT2D eigenvalue weighted by molar-refractivity contribution is 5.85. The largest absolute Gasteiger partial charge is 0.497 e. The maximum absolute atomic E-state index is 13.3. The molecule has 1 fully saturated rings. The number of rotatable bonds is 4. The van der Waals surface area contributed by atoms with Crippen LogP contribution < -0.4 is 4.74 Å². The minimum atomic E-state index is -0.889. The van der Waals surface area contributed by atoms with Crippen LogP contribution in [0, 0.1) is 5.82 Å². The van der Waals surface area contributed by atoms with Crippen molar-refractivity contribution in [2.75, 3.05) is 20.2 Å². The average molecular weight is 352 g/mol. The standard InChI is InChI=1S/C19H22FNO2.ClH/c1-23-18-8-3-6-16(12-18)19(22)9-4-10-21(14-19)13-15-5-2-7-17(20)11-15;/h2-3,5-8,11-12,22H,4,9-10,13-14H2,1H3;1H. The molecular weight excluding hydrogens is 329 g/mol. The molecule has 1 unspecified atom stereocenters. The van der Waals surface area contributed by atoms with E-state index in [0.29, 0.717) is 13.1 Å². The van der Waals surface area contributed by atoms with Crippen LogP contribution in [0.5, 0.6) is 5.75 Å². The first-order valence-electron chi connectivity index (χ1n) is 7.93. The zero-order valence-electron chi connectivity index (χ0n) is 13.7. The van der Waals surface area contributed by atoms with Gasteiger partial charge in [-0.3, -0.25) is 4.90 Å². The molecule has 0 aromatic heterocycles. The molecule has 0 bridgehead atoms. The maximum atomic E-state index is 13.3. The molecule has 2 aromatic rings. The lowest BCUT2D eigenvalue weighted by atomic mass is 9.85. The molecule has 1 N–H and O–H groups in total. The molecular formula is C19H23ClFNO2. The summed E-state index contributed by atoms with van der Waals surface area (Å²) in [5, 5.41) is 11.1. The molecule has 5 heteroatoms. The van der Waals surface area contributed by atoms with Crippen molar-refractivity contribution in [1.82, 2.24) is 4.90 Å². The molecule has 0 spiro atoms. The van der Waals surface area contributed by atoms with Crippen LogP contribution in [0.4, 0.5) is 4.39 Å². The van der Waals surface area contributed by atoms with Crippen molar-refractivity contribution in [1.29, 1.82) is 0 Å². The van der Waals surface area contributed by atoms with Crippen molar-refractivity contribution in [3.05, 3.63) is 65.5 Å². The Morgan fingerprint density at radius 1 is 1.21 bits per heavy atom. The number of halogens is 2. The number of benzene rings is 2. The van der Waals surface area contributed by atoms with Gasteiger partial charge in [-0.05, 0) is 54.8 Å². The number of likely N-dealkylation sites (tertiary alicyclic amines) is 1. The lowest BCUT2D eigenvalue weighted by Crippen LogP contribution is -2.45. The van der Waals surface area contributed by atoms with E-state index < -0.39 is 5.60 Å². The zero-order valence-corrected chi connectivity index (χ0v) is 14.6. The number of hydrogen-bond donors (Lipinski definition) is 1. The van der Waals surface area contributed by atoms with E-state index >= 15 is 0 Å². The molecule has 2 aromatic carbocycles. The first kappa shape index (κ1) is 18.7. The Kier molecular flexibility index (Phi) is 6.21. The number of β-amino-alcohol motifs (C(OH)–C–C–N with tert-alkyl or cyclic N) is 1. The highest BCUT2D eigenvalue weighted by Gasteiger charge is 2.35. The van der Waals surface area contributed by atoms with Gasteiger partial charge in [0.15, 0.2) is 0 Å². The zero-order chi connectivity index (χ0) is 16.3. The van der Waals surface area contributed by atoms with Crippen LogP contribution in [0.3, 0.4) is 0 Å². The summed E-state index contributed by atoms with van der Waals surface area (Å²) in [6.07, 6.45) is 1.63. The topological polar surface area (TPSA) is 32.7 Å². The van der Waals surface area contributed by atoms with E-state index in [2.05, 4.69) is 4.90 Å². The fourth-order valence-corrected chi connectivity index (χ4v) is 3.30. The second-order valence-corrected chi connectivity index (χ2v) is 6.21. The fourth-order valence-electron chi connectivity index (χ4n) is 3.30. The summed E-state index contributed by atoms with van der Waals surface area (Å²) in [5.41, 5.74) is 0.917. The molecule has 0 radical (unpaired) electrons. The van der Waals surface area contributed by atoms with Crippen LogP contribution >= 0.6 is 12.4 Å². The molecule has 1 aliphatic rings. The van der Waals surface area contributed by atoms with Crippen LogP contribution in [0.25, 0.3) is 0 Å². The van der Waals surface area contributed by atoms with E-state index in [4.69, 9.17) is 4.74 Å². The monoisotopic (exact) mass is 351 g/mol. The van der Waals surface area contributed by atoms with Gasteiger partial charge in [-0.15, -0.1) is 12.4 Å². The van der Waals surface area contributed by atoms with E-state index in [9.17, 15) is 9.50 Å². The van der Waals surface area contributed by atoms with Crippen LogP contribution in [0.2, 0.25) is 0 Å². The van der Waals surface area contributed by atoms with Crippen molar-refractivity contribution >= 4 is 12.4 Å². The average Bonchev–Trinajstić information content (AvgIpc) is 2.55. The normalized spacial score (nSPS) is 21.1. The van der Waals surface area contributed by atoms with Crippen molar-refractivity contribution < 1.29 is 14.2 Å². The van der Waals surface area contributed by atoms with Crippen LogP contribution in [-0.2, 0) is 12.1 Å². The van der Waals surface area contributed by atoms with E-state index in [1.54, 1.807) is 19.2 Å². The number of nitrogens with zero attached hydrogens (tertiary/aromatic N) is 1. The molecule has 1 aliphatic heterocycles. The van der Waals surface area contributed by atoms with E-state index in [0.717, 1.165) is 36.3 Å². The van der Waals surface area contributed by atoms with Gasteiger partial charge in [0.25, 0.3) is 0 Å². The summed E-state index contributed by atoms with van der Waals surface area (Å²) < 4.78 is 18.6. The van der Waals surface area contributed by atoms with Crippen LogP contribution in [-0.4, -0.2) is 30.2 Å². The van der Waals surface area contributed by atoms with Crippen molar-refractivity contribution in [2.45, 2.75) is 25.0 Å². The third kappa shape index (κ3) is 4.26. The summed E-state index contributed by atoms with van der Waals surface area (Å²) in [4.78, 5) is 2.18. The molecule has 1 saturated heterocycles. The minimum Gasteiger partial charge on any atom is -0.497 e. The maximum Gasteiger partial charge on any atom is 0.123 e. The van der Waals surface area contributed by atoms with Gasteiger partial charge in [0, 0.05) is 13.1 Å². The number of hydrogen-bond acceptors (Lipinski definition) is 3. The Hall–Kier alpha value is -1.62. The second kappa shape index (κ2) is 7.97. The molecule has 0 aliphatic carbocycles. The Morgan fingerprint density at radius 2 is 2.00 bits per heavy atom. The summed E-state index contributed by atoms with van der Waals surface area (Å²) in [7, 11) is 1.63. The predicted octanol–water partition coefficient (Wildman–Crippen LogP) is 3.74. The summed E-state index contributed by atoms with van der Waals surface area (Å²) >= 11 is 0. The fraction of sp³-hybridized carbons (Fsp3) is 0.368. The first-order valence-corrected chi connectivity index (χ1v) is 7.93. The molecule has 0 amide bonds. The minimum absolute atomic E-state index is 0. The number of methoxy groups -OCH3 is 1. The van der Waals surface area contributed by atoms with Gasteiger partial charge in [-0.1, -0.05) is 24.3 Å². The number of piperidine rings is 1. The van der Waals surface area contributed by atoms with Gasteiger partial charge in [-0.2, -0.15) is 0 Å². The van der Waals surface area contributed by atoms with Gasteiger partial charge in [0.1, 0.15) is 17.2 Å². The Bertz CT molecular complexity index is 682. The molecule has 1 atom stereocenters. The van der Waals surface area contributed by atoms with Crippen LogP contribution in [0.1, 0.15) is 24.0 Å².